The number of alkyl halides is 6. The summed E-state index contributed by atoms with van der Waals surface area (Å²) >= 11 is 20.8. The van der Waals surface area contributed by atoms with Gasteiger partial charge in [-0.05, 0) is 132 Å². The van der Waals surface area contributed by atoms with Crippen molar-refractivity contribution in [3.8, 4) is 36.4 Å². The van der Waals surface area contributed by atoms with Crippen LogP contribution < -0.4 is 4.74 Å². The maximum absolute atomic E-state index is 12.9. The number of fused-ring (bicyclic) bond motifs is 2. The highest BCUT2D eigenvalue weighted by molar-refractivity contribution is 9.11. The van der Waals surface area contributed by atoms with Gasteiger partial charge in [0.15, 0.2) is 11.3 Å². The zero-order valence-electron chi connectivity index (χ0n) is 37.1. The van der Waals surface area contributed by atoms with Crippen LogP contribution in [0.2, 0.25) is 0 Å². The summed E-state index contributed by atoms with van der Waals surface area (Å²) in [5.74, 6) is 0. The summed E-state index contributed by atoms with van der Waals surface area (Å²) in [5, 5.41) is 25.3. The Hall–Kier alpha value is -2.22. The Kier molecular flexibility index (Phi) is 21.1. The van der Waals surface area contributed by atoms with E-state index in [1.807, 2.05) is 47.8 Å². The number of aryl methyl sites for hydroxylation is 1. The molecule has 0 spiro atoms. The highest BCUT2D eigenvalue weighted by Crippen LogP contribution is 2.48. The molecule has 0 saturated heterocycles. The fourth-order valence-corrected chi connectivity index (χ4v) is 16.5. The third kappa shape index (κ3) is 14.4. The van der Waals surface area contributed by atoms with Crippen LogP contribution in [0.5, 0.6) is 5.06 Å². The first-order chi connectivity index (χ1) is 33.8. The van der Waals surface area contributed by atoms with Gasteiger partial charge < -0.3 is 14.9 Å². The monoisotopic (exact) mass is 1360 g/mol. The lowest BCUT2D eigenvalue weighted by Crippen LogP contribution is -2.03. The van der Waals surface area contributed by atoms with E-state index in [-0.39, 0.29) is 9.90 Å². The number of methoxy groups -OCH3 is 1. The second-order valence-electron chi connectivity index (χ2n) is 14.9. The summed E-state index contributed by atoms with van der Waals surface area (Å²) in [6, 6.07) is 32.0. The van der Waals surface area contributed by atoms with Crippen molar-refractivity contribution in [3.05, 3.63) is 175 Å². The Bertz CT molecular complexity index is 3310. The summed E-state index contributed by atoms with van der Waals surface area (Å²) in [6.45, 7) is 2.05. The number of aliphatic hydroxyl groups excluding tert-OH is 2. The van der Waals surface area contributed by atoms with Crippen molar-refractivity contribution < 1.29 is 46.1 Å². The van der Waals surface area contributed by atoms with Crippen molar-refractivity contribution in [3.63, 3.8) is 0 Å². The van der Waals surface area contributed by atoms with Gasteiger partial charge in [0.05, 0.1) is 32.9 Å². The van der Waals surface area contributed by atoms with Gasteiger partial charge in [-0.3, -0.25) is 4.79 Å². The Balaban J connectivity index is 0.000000222. The van der Waals surface area contributed by atoms with Gasteiger partial charge in [0.2, 0.25) is 0 Å². The smallest absolute Gasteiger partial charge is 0.416 e. The fraction of sp³-hybridized carbons (Fsp3) is 0.122. The molecule has 10 aromatic rings. The van der Waals surface area contributed by atoms with Gasteiger partial charge in [-0.15, -0.1) is 85.9 Å². The molecular weight excluding hydrogens is 1320 g/mol. The predicted octanol–water partition coefficient (Wildman–Crippen LogP) is 20.1. The van der Waals surface area contributed by atoms with E-state index in [1.165, 1.54) is 86.5 Å². The molecule has 72 heavy (non-hydrogen) atoms. The number of hydrogen-bond acceptors (Lipinski definition) is 11. The zero-order chi connectivity index (χ0) is 51.4. The number of aldehydes is 1. The summed E-state index contributed by atoms with van der Waals surface area (Å²) in [5.41, 5.74) is 2.43. The van der Waals surface area contributed by atoms with Crippen LogP contribution in [0.3, 0.4) is 0 Å². The maximum atomic E-state index is 12.9. The third-order valence-corrected chi connectivity index (χ3v) is 20.8. The lowest BCUT2D eigenvalue weighted by molar-refractivity contribution is -0.138. The molecule has 0 saturated carbocycles. The van der Waals surface area contributed by atoms with Crippen LogP contribution in [0.4, 0.5) is 26.3 Å². The maximum Gasteiger partial charge on any atom is 0.416 e. The molecule has 0 aliphatic heterocycles. The van der Waals surface area contributed by atoms with E-state index < -0.39 is 35.7 Å². The minimum Gasteiger partial charge on any atom is -0.487 e. The van der Waals surface area contributed by atoms with E-state index in [2.05, 4.69) is 96.8 Å². The number of aliphatic hydroxyl groups is 2. The summed E-state index contributed by atoms with van der Waals surface area (Å²) in [6.07, 6.45) is -9.44. The molecule has 5 unspecified atom stereocenters. The van der Waals surface area contributed by atoms with Gasteiger partial charge >= 0.3 is 12.4 Å². The van der Waals surface area contributed by atoms with Crippen molar-refractivity contribution in [2.45, 2.75) is 31.5 Å². The molecule has 0 aliphatic carbocycles. The van der Waals surface area contributed by atoms with Crippen LogP contribution in [0, 0.1) is 6.92 Å². The minimum atomic E-state index is -4.39. The molecule has 5 atom stereocenters. The third-order valence-electron chi connectivity index (χ3n) is 10.1. The topological polar surface area (TPSA) is 66.8 Å². The zero-order valence-corrected chi connectivity index (χ0v) is 51.3. The van der Waals surface area contributed by atoms with Gasteiger partial charge in [0, 0.05) is 68.1 Å². The Morgan fingerprint density at radius 2 is 0.986 bits per heavy atom. The number of carbonyl (C=O) groups excluding carboxylic acids is 1. The van der Waals surface area contributed by atoms with Crippen LogP contribution in [0.25, 0.3) is 50.1 Å². The van der Waals surface area contributed by atoms with Crippen molar-refractivity contribution in [2.75, 3.05) is 7.11 Å². The van der Waals surface area contributed by atoms with Gasteiger partial charge in [-0.1, -0.05) is 65.4 Å². The van der Waals surface area contributed by atoms with Gasteiger partial charge in [0.1, 0.15) is 12.2 Å². The van der Waals surface area contributed by atoms with Gasteiger partial charge in [0.25, 0.3) is 0 Å². The van der Waals surface area contributed by atoms with Crippen LogP contribution in [-0.2, 0) is 12.4 Å². The highest BCUT2D eigenvalue weighted by atomic mass is 79.9. The second kappa shape index (κ2) is 25.7. The van der Waals surface area contributed by atoms with Crippen LogP contribution in [0.15, 0.2) is 134 Å². The number of hydrogen-bond donors (Lipinski definition) is 2. The van der Waals surface area contributed by atoms with E-state index in [9.17, 15) is 41.4 Å². The molecule has 10 rings (SSSR count). The van der Waals surface area contributed by atoms with Gasteiger partial charge in [-0.2, -0.15) is 36.2 Å². The summed E-state index contributed by atoms with van der Waals surface area (Å²) < 4.78 is 87.6. The number of ether oxygens (including phenoxy) is 1. The van der Waals surface area contributed by atoms with E-state index in [1.54, 1.807) is 29.8 Å². The lowest BCUT2D eigenvalue weighted by Gasteiger charge is -2.08. The number of halogens is 9. The number of rotatable bonds is 9. The molecular formula is C49H38Br3F6O4P3S7. The number of benzene rings is 3. The van der Waals surface area contributed by atoms with E-state index in [0.29, 0.717) is 14.9 Å². The van der Waals surface area contributed by atoms with Crippen LogP contribution >= 0.6 is 155 Å². The van der Waals surface area contributed by atoms with Crippen LogP contribution in [-0.4, -0.2) is 23.6 Å². The first-order valence-corrected chi connectivity index (χ1v) is 31.1. The average molecular weight is 1360 g/mol. The average Bonchev–Trinajstić information content (AvgIpc) is 4.23. The number of thiophene rings is 7. The molecule has 0 radical (unpaired) electrons. The van der Waals surface area contributed by atoms with Crippen molar-refractivity contribution in [1.82, 2.24) is 0 Å². The molecule has 7 heterocycles. The molecule has 0 aliphatic rings. The predicted molar refractivity (Wildman–Crippen MR) is 317 cm³/mol. The minimum absolute atomic E-state index is 0. The first kappa shape index (κ1) is 59.0. The molecule has 0 fully saturated rings. The van der Waals surface area contributed by atoms with E-state index >= 15 is 0 Å². The summed E-state index contributed by atoms with van der Waals surface area (Å²) in [4.78, 5) is 17.1. The second-order valence-corrected chi connectivity index (χ2v) is 25.0. The Labute approximate surface area is 471 Å². The normalized spacial score (nSPS) is 12.2. The van der Waals surface area contributed by atoms with E-state index in [0.717, 1.165) is 109 Å². The Morgan fingerprint density at radius 3 is 1.38 bits per heavy atom. The van der Waals surface area contributed by atoms with Gasteiger partial charge in [-0.25, -0.2) is 0 Å². The van der Waals surface area contributed by atoms with Crippen molar-refractivity contribution >= 4 is 180 Å². The largest absolute Gasteiger partial charge is 0.487 e. The molecule has 3 aromatic carbocycles. The molecule has 7 aromatic heterocycles. The summed E-state index contributed by atoms with van der Waals surface area (Å²) in [7, 11) is 6.32. The highest BCUT2D eigenvalue weighted by Gasteiger charge is 2.31. The molecule has 4 nitrogen and oxygen atoms in total. The standard InChI is InChI=1S/C30H19Br2F3O2S4.C11H6BrF3S.C8H6O2S2.H4P2.H3P/c1-14-2-4-15(5-3-14)20-10-18(31)28(40-20)26(36)24-12-22-23(38-24)13-25(39-22)27(37)29-19(32)11-21(41-29)16-6-8-17(9-7-16)30(33,34)35;12-9-5-10(16-6-9)7-1-3-8(4-2-7)11(13,14)15;1-10-8-3-7-6(12-8)2-5(4-9)11-7;1-2;/h2-13,26-27,36-37H,1H3;1-6H;2-4H,1H3;1-2H2;1H3. The van der Waals surface area contributed by atoms with Crippen molar-refractivity contribution in [2.24, 2.45) is 0 Å². The van der Waals surface area contributed by atoms with E-state index in [4.69, 9.17) is 4.74 Å². The lowest BCUT2D eigenvalue weighted by atomic mass is 10.1. The SMILES string of the molecule is COc1cc2sc(C=O)cc2s1.Cc1ccc(-c2cc(Br)c(C(O)c3cc4sc(C(O)c5sc(-c6ccc(C(F)(F)F)cc6)cc5Br)cc4s3)s2)cc1.FC(F)(F)c1ccc(-c2cc(Br)cs2)cc1.P.PP. The molecule has 378 valence electrons. The fourth-order valence-electron chi connectivity index (χ4n) is 6.64. The van der Waals surface area contributed by atoms with Crippen molar-refractivity contribution in [1.29, 1.82) is 0 Å². The molecule has 0 bridgehead atoms. The van der Waals surface area contributed by atoms with Crippen LogP contribution in [0.1, 0.15) is 58.1 Å². The Morgan fingerprint density at radius 1 is 0.569 bits per heavy atom. The first-order valence-electron chi connectivity index (χ1n) is 20.3. The molecule has 23 heteroatoms. The molecule has 2 N–H and O–H groups in total. The quantitative estimate of drug-likeness (QED) is 0.0859. The molecule has 0 amide bonds. The number of carbonyl (C=O) groups is 1.